The van der Waals surface area contributed by atoms with Gasteiger partial charge in [-0.2, -0.15) is 5.26 Å². The zero-order chi connectivity index (χ0) is 17.8. The van der Waals surface area contributed by atoms with Gasteiger partial charge in [0, 0.05) is 23.7 Å². The van der Waals surface area contributed by atoms with Gasteiger partial charge in [-0.25, -0.2) is 0 Å². The Bertz CT molecular complexity index is 873. The number of amides is 2. The molecule has 2 aromatic carbocycles. The van der Waals surface area contributed by atoms with E-state index in [0.717, 1.165) is 11.3 Å². The molecular formula is C19H16ClN3O2. The van der Waals surface area contributed by atoms with E-state index in [2.05, 4.69) is 10.6 Å². The molecule has 1 atom stereocenters. The number of carbonyl (C=O) groups excluding carboxylic acids is 2. The first-order valence-corrected chi connectivity index (χ1v) is 8.33. The third kappa shape index (κ3) is 3.98. The number of rotatable bonds is 4. The number of halogens is 1. The Balaban J connectivity index is 1.57. The number of hydrogen-bond donors (Lipinski definition) is 2. The van der Waals surface area contributed by atoms with E-state index in [4.69, 9.17) is 16.9 Å². The topological polar surface area (TPSA) is 82.0 Å². The van der Waals surface area contributed by atoms with Crippen LogP contribution in [0.2, 0.25) is 5.02 Å². The molecule has 0 aliphatic carbocycles. The van der Waals surface area contributed by atoms with Crippen LogP contribution in [-0.2, 0) is 16.0 Å². The molecule has 0 radical (unpaired) electrons. The van der Waals surface area contributed by atoms with Crippen molar-refractivity contribution < 1.29 is 9.59 Å². The summed E-state index contributed by atoms with van der Waals surface area (Å²) in [6.45, 7) is 0. The first-order chi connectivity index (χ1) is 12.1. The summed E-state index contributed by atoms with van der Waals surface area (Å²) >= 11 is 5.95. The van der Waals surface area contributed by atoms with E-state index in [0.29, 0.717) is 29.1 Å². The second kappa shape index (κ2) is 7.37. The molecule has 2 amide bonds. The molecule has 3 rings (SSSR count). The normalized spacial score (nSPS) is 15.7. The lowest BCUT2D eigenvalue weighted by atomic mass is 9.89. The molecule has 126 valence electrons. The molecular weight excluding hydrogens is 338 g/mol. The Morgan fingerprint density at radius 1 is 1.32 bits per heavy atom. The predicted octanol–water partition coefficient (Wildman–Crippen LogP) is 3.74. The summed E-state index contributed by atoms with van der Waals surface area (Å²) in [7, 11) is 0. The van der Waals surface area contributed by atoms with Gasteiger partial charge in [-0.3, -0.25) is 9.59 Å². The highest BCUT2D eigenvalue weighted by molar-refractivity contribution is 6.32. The number of nitrogens with one attached hydrogen (secondary N) is 2. The van der Waals surface area contributed by atoms with Crippen LogP contribution in [0.1, 0.15) is 24.0 Å². The molecule has 0 bridgehead atoms. The fourth-order valence-electron chi connectivity index (χ4n) is 2.86. The fourth-order valence-corrected chi connectivity index (χ4v) is 3.08. The van der Waals surface area contributed by atoms with Crippen molar-refractivity contribution in [3.63, 3.8) is 0 Å². The van der Waals surface area contributed by atoms with E-state index in [1.807, 2.05) is 30.3 Å². The molecule has 2 N–H and O–H groups in total. The Kier molecular flexibility index (Phi) is 5.01. The van der Waals surface area contributed by atoms with Crippen molar-refractivity contribution >= 4 is 34.8 Å². The molecule has 5 nitrogen and oxygen atoms in total. The van der Waals surface area contributed by atoms with Gasteiger partial charge in [-0.1, -0.05) is 29.8 Å². The number of anilines is 2. The maximum atomic E-state index is 12.2. The molecule has 1 aliphatic rings. The van der Waals surface area contributed by atoms with Crippen LogP contribution in [-0.4, -0.2) is 11.8 Å². The number of hydrogen-bond acceptors (Lipinski definition) is 3. The summed E-state index contributed by atoms with van der Waals surface area (Å²) in [5.41, 5.74) is 2.83. The fraction of sp³-hybridized carbons (Fsp3) is 0.211. The molecule has 1 unspecified atom stereocenters. The van der Waals surface area contributed by atoms with Crippen LogP contribution in [0.5, 0.6) is 0 Å². The summed E-state index contributed by atoms with van der Waals surface area (Å²) in [6, 6.07) is 14.4. The predicted molar refractivity (Wildman–Crippen MR) is 96.3 cm³/mol. The Morgan fingerprint density at radius 3 is 2.88 bits per heavy atom. The van der Waals surface area contributed by atoms with E-state index < -0.39 is 0 Å². The largest absolute Gasteiger partial charge is 0.326 e. The molecule has 25 heavy (non-hydrogen) atoms. The van der Waals surface area contributed by atoms with Gasteiger partial charge >= 0.3 is 0 Å². The van der Waals surface area contributed by atoms with Crippen LogP contribution in [0, 0.1) is 17.2 Å². The second-order valence-corrected chi connectivity index (χ2v) is 6.35. The van der Waals surface area contributed by atoms with Crippen LogP contribution >= 0.6 is 11.6 Å². The lowest BCUT2D eigenvalue weighted by Crippen LogP contribution is -2.30. The maximum Gasteiger partial charge on any atom is 0.227 e. The van der Waals surface area contributed by atoms with Crippen molar-refractivity contribution in [2.45, 2.75) is 19.3 Å². The van der Waals surface area contributed by atoms with Gasteiger partial charge in [0.05, 0.1) is 10.6 Å². The lowest BCUT2D eigenvalue weighted by molar-refractivity contribution is -0.121. The van der Waals surface area contributed by atoms with Crippen molar-refractivity contribution in [1.29, 1.82) is 5.26 Å². The van der Waals surface area contributed by atoms with Crippen molar-refractivity contribution in [3.8, 4) is 6.07 Å². The van der Waals surface area contributed by atoms with Gasteiger partial charge in [0.25, 0.3) is 0 Å². The second-order valence-electron chi connectivity index (χ2n) is 5.94. The van der Waals surface area contributed by atoms with Crippen molar-refractivity contribution in [2.24, 2.45) is 5.92 Å². The highest BCUT2D eigenvalue weighted by atomic mass is 35.5. The molecule has 0 saturated heterocycles. The summed E-state index contributed by atoms with van der Waals surface area (Å²) in [5, 5.41) is 14.8. The van der Waals surface area contributed by atoms with Crippen molar-refractivity contribution in [2.75, 3.05) is 10.6 Å². The summed E-state index contributed by atoms with van der Waals surface area (Å²) in [6.07, 6.45) is 1.34. The van der Waals surface area contributed by atoms with Crippen LogP contribution in [0.25, 0.3) is 0 Å². The smallest absolute Gasteiger partial charge is 0.227 e. The standard InChI is InChI=1S/C19H16ClN3O2/c20-16-10-15(7-5-14(16)11-21)22-18(24)8-6-13-9-12-3-1-2-4-17(12)23-19(13)25/h1-5,7,10,13H,6,8-9H2,(H,22,24)(H,23,25). The number of benzene rings is 2. The first kappa shape index (κ1) is 17.0. The van der Waals surface area contributed by atoms with Crippen LogP contribution in [0.3, 0.4) is 0 Å². The van der Waals surface area contributed by atoms with E-state index in [1.54, 1.807) is 18.2 Å². The lowest BCUT2D eigenvalue weighted by Gasteiger charge is -2.24. The van der Waals surface area contributed by atoms with Crippen LogP contribution in [0.4, 0.5) is 11.4 Å². The average molecular weight is 354 g/mol. The molecule has 6 heteroatoms. The molecule has 0 saturated carbocycles. The number of nitrogens with zero attached hydrogens (tertiary/aromatic N) is 1. The van der Waals surface area contributed by atoms with Gasteiger partial charge in [0.1, 0.15) is 6.07 Å². The summed E-state index contributed by atoms with van der Waals surface area (Å²) < 4.78 is 0. The van der Waals surface area contributed by atoms with Crippen molar-refractivity contribution in [1.82, 2.24) is 0 Å². The van der Waals surface area contributed by atoms with Gasteiger partial charge in [-0.15, -0.1) is 0 Å². The number of para-hydroxylation sites is 1. The number of carbonyl (C=O) groups is 2. The first-order valence-electron chi connectivity index (χ1n) is 7.95. The SMILES string of the molecule is N#Cc1ccc(NC(=O)CCC2Cc3ccccc3NC2=O)cc1Cl. The Labute approximate surface area is 150 Å². The molecule has 0 fully saturated rings. The number of nitriles is 1. The van der Waals surface area contributed by atoms with Gasteiger partial charge in [0.2, 0.25) is 11.8 Å². The maximum absolute atomic E-state index is 12.2. The third-order valence-corrected chi connectivity index (χ3v) is 4.52. The third-order valence-electron chi connectivity index (χ3n) is 4.21. The molecule has 1 aliphatic heterocycles. The zero-order valence-electron chi connectivity index (χ0n) is 13.4. The van der Waals surface area contributed by atoms with E-state index in [-0.39, 0.29) is 24.2 Å². The highest BCUT2D eigenvalue weighted by Crippen LogP contribution is 2.27. The monoisotopic (exact) mass is 353 g/mol. The summed E-state index contributed by atoms with van der Waals surface area (Å²) in [4.78, 5) is 24.3. The number of fused-ring (bicyclic) bond motifs is 1. The molecule has 0 spiro atoms. The Morgan fingerprint density at radius 2 is 2.12 bits per heavy atom. The van der Waals surface area contributed by atoms with Gasteiger partial charge in [0.15, 0.2) is 0 Å². The Hall–Kier alpha value is -2.84. The van der Waals surface area contributed by atoms with Gasteiger partial charge < -0.3 is 10.6 Å². The minimum absolute atomic E-state index is 0.0482. The van der Waals surface area contributed by atoms with Gasteiger partial charge in [-0.05, 0) is 42.7 Å². The zero-order valence-corrected chi connectivity index (χ0v) is 14.1. The average Bonchev–Trinajstić information content (AvgIpc) is 2.60. The minimum Gasteiger partial charge on any atom is -0.326 e. The van der Waals surface area contributed by atoms with E-state index in [9.17, 15) is 9.59 Å². The highest BCUT2D eigenvalue weighted by Gasteiger charge is 2.26. The van der Waals surface area contributed by atoms with Crippen LogP contribution < -0.4 is 10.6 Å². The van der Waals surface area contributed by atoms with Crippen LogP contribution in [0.15, 0.2) is 42.5 Å². The minimum atomic E-state index is -0.217. The molecule has 1 heterocycles. The summed E-state index contributed by atoms with van der Waals surface area (Å²) in [5.74, 6) is -0.453. The quantitative estimate of drug-likeness (QED) is 0.878. The van der Waals surface area contributed by atoms with Crippen molar-refractivity contribution in [3.05, 3.63) is 58.6 Å². The molecule has 0 aromatic heterocycles. The van der Waals surface area contributed by atoms with E-state index >= 15 is 0 Å². The molecule has 2 aromatic rings. The van der Waals surface area contributed by atoms with E-state index in [1.165, 1.54) is 0 Å².